The van der Waals surface area contributed by atoms with Gasteiger partial charge in [0.2, 0.25) is 0 Å². The van der Waals surface area contributed by atoms with Crippen molar-refractivity contribution in [3.63, 3.8) is 0 Å². The summed E-state index contributed by atoms with van der Waals surface area (Å²) in [5.41, 5.74) is 0.722. The zero-order valence-electron chi connectivity index (χ0n) is 12.5. The summed E-state index contributed by atoms with van der Waals surface area (Å²) in [6.07, 6.45) is 1.18. The van der Waals surface area contributed by atoms with Crippen molar-refractivity contribution in [2.75, 3.05) is 38.1 Å². The largest absolute Gasteiger partial charge is 0.391 e. The molecule has 6 heteroatoms. The van der Waals surface area contributed by atoms with Gasteiger partial charge in [-0.3, -0.25) is 4.79 Å². The summed E-state index contributed by atoms with van der Waals surface area (Å²) in [4.78, 5) is 16.5. The van der Waals surface area contributed by atoms with Crippen molar-refractivity contribution in [2.24, 2.45) is 5.92 Å². The SMILES string of the molecule is CC(C)C(O)Cn1ncc(N2CCN(C)CC2)cc1=O. The molecular weight excluding hydrogens is 256 g/mol. The summed E-state index contributed by atoms with van der Waals surface area (Å²) in [5.74, 6) is 0.112. The van der Waals surface area contributed by atoms with E-state index in [4.69, 9.17) is 0 Å². The minimum Gasteiger partial charge on any atom is -0.391 e. The smallest absolute Gasteiger partial charge is 0.268 e. The van der Waals surface area contributed by atoms with Crippen LogP contribution in [0, 0.1) is 5.92 Å². The number of aliphatic hydroxyl groups is 1. The van der Waals surface area contributed by atoms with Gasteiger partial charge >= 0.3 is 0 Å². The van der Waals surface area contributed by atoms with Gasteiger partial charge in [0, 0.05) is 32.2 Å². The van der Waals surface area contributed by atoms with E-state index in [2.05, 4.69) is 21.9 Å². The van der Waals surface area contributed by atoms with Gasteiger partial charge in [-0.1, -0.05) is 13.8 Å². The summed E-state index contributed by atoms with van der Waals surface area (Å²) in [6.45, 7) is 7.92. The van der Waals surface area contributed by atoms with Crippen molar-refractivity contribution in [3.05, 3.63) is 22.6 Å². The molecule has 1 aromatic rings. The van der Waals surface area contributed by atoms with Crippen LogP contribution in [0.3, 0.4) is 0 Å². The van der Waals surface area contributed by atoms with Crippen LogP contribution in [0.15, 0.2) is 17.1 Å². The van der Waals surface area contributed by atoms with Crippen molar-refractivity contribution in [2.45, 2.75) is 26.5 Å². The van der Waals surface area contributed by atoms with Crippen molar-refractivity contribution < 1.29 is 5.11 Å². The molecule has 0 bridgehead atoms. The molecule has 1 N–H and O–H groups in total. The van der Waals surface area contributed by atoms with Crippen molar-refractivity contribution in [3.8, 4) is 0 Å². The second-order valence-corrected chi connectivity index (χ2v) is 5.84. The molecule has 2 rings (SSSR count). The van der Waals surface area contributed by atoms with Gasteiger partial charge in [-0.2, -0.15) is 5.10 Å². The normalized spacial score (nSPS) is 18.6. The van der Waals surface area contributed by atoms with Gasteiger partial charge in [0.1, 0.15) is 0 Å². The molecule has 1 unspecified atom stereocenters. The van der Waals surface area contributed by atoms with Gasteiger partial charge < -0.3 is 14.9 Å². The summed E-state index contributed by atoms with van der Waals surface area (Å²) in [5, 5.41) is 14.0. The lowest BCUT2D eigenvalue weighted by Gasteiger charge is -2.33. The number of hydrogen-bond donors (Lipinski definition) is 1. The molecular formula is C14H24N4O2. The minimum absolute atomic E-state index is 0.112. The molecule has 0 spiro atoms. The van der Waals surface area contributed by atoms with E-state index in [9.17, 15) is 9.90 Å². The van der Waals surface area contributed by atoms with E-state index in [1.807, 2.05) is 13.8 Å². The molecule has 6 nitrogen and oxygen atoms in total. The zero-order chi connectivity index (χ0) is 14.7. The van der Waals surface area contributed by atoms with E-state index in [0.717, 1.165) is 31.9 Å². The van der Waals surface area contributed by atoms with E-state index < -0.39 is 6.10 Å². The quantitative estimate of drug-likeness (QED) is 0.842. The third-order valence-corrected chi connectivity index (χ3v) is 3.85. The molecule has 2 heterocycles. The van der Waals surface area contributed by atoms with Crippen LogP contribution in [0.5, 0.6) is 0 Å². The Kier molecular flexibility index (Phi) is 4.77. The Morgan fingerprint density at radius 2 is 1.95 bits per heavy atom. The first-order valence-electron chi connectivity index (χ1n) is 7.16. The van der Waals surface area contributed by atoms with E-state index in [1.165, 1.54) is 4.68 Å². The van der Waals surface area contributed by atoms with Gasteiger partial charge in [0.05, 0.1) is 24.5 Å². The fraction of sp³-hybridized carbons (Fsp3) is 0.714. The third-order valence-electron chi connectivity index (χ3n) is 3.85. The lowest BCUT2D eigenvalue weighted by atomic mass is 10.1. The van der Waals surface area contributed by atoms with Crippen molar-refractivity contribution in [1.29, 1.82) is 0 Å². The van der Waals surface area contributed by atoms with E-state index >= 15 is 0 Å². The average molecular weight is 280 g/mol. The van der Waals surface area contributed by atoms with Gasteiger partial charge in [-0.05, 0) is 13.0 Å². The number of anilines is 1. The molecule has 1 aromatic heterocycles. The molecule has 0 radical (unpaired) electrons. The Hall–Kier alpha value is -1.40. The topological polar surface area (TPSA) is 61.6 Å². The highest BCUT2D eigenvalue weighted by Crippen LogP contribution is 2.12. The van der Waals surface area contributed by atoms with Gasteiger partial charge in [-0.25, -0.2) is 4.68 Å². The summed E-state index contributed by atoms with van der Waals surface area (Å²) < 4.78 is 1.34. The number of rotatable bonds is 4. The maximum absolute atomic E-state index is 12.1. The number of aromatic nitrogens is 2. The van der Waals surface area contributed by atoms with E-state index in [0.29, 0.717) is 0 Å². The summed E-state index contributed by atoms with van der Waals surface area (Å²) in [6, 6.07) is 1.62. The second kappa shape index (κ2) is 6.37. The van der Waals surface area contributed by atoms with Crippen molar-refractivity contribution in [1.82, 2.24) is 14.7 Å². The van der Waals surface area contributed by atoms with Crippen LogP contribution in [0.2, 0.25) is 0 Å². The Morgan fingerprint density at radius 1 is 1.30 bits per heavy atom. The monoisotopic (exact) mass is 280 g/mol. The average Bonchev–Trinajstić information content (AvgIpc) is 2.41. The lowest BCUT2D eigenvalue weighted by molar-refractivity contribution is 0.101. The Labute approximate surface area is 119 Å². The number of aliphatic hydroxyl groups excluding tert-OH is 1. The summed E-state index contributed by atoms with van der Waals surface area (Å²) >= 11 is 0. The predicted octanol–water partition coefficient (Wildman–Crippen LogP) is 0.0120. The highest BCUT2D eigenvalue weighted by atomic mass is 16.3. The van der Waals surface area contributed by atoms with Gasteiger partial charge in [-0.15, -0.1) is 0 Å². The van der Waals surface area contributed by atoms with Crippen LogP contribution in [0.25, 0.3) is 0 Å². The van der Waals surface area contributed by atoms with Crippen LogP contribution in [0.4, 0.5) is 5.69 Å². The molecule has 1 aliphatic heterocycles. The maximum atomic E-state index is 12.1. The highest BCUT2D eigenvalue weighted by molar-refractivity contribution is 5.43. The molecule has 1 fully saturated rings. The molecule has 0 aliphatic carbocycles. The second-order valence-electron chi connectivity index (χ2n) is 5.84. The fourth-order valence-electron chi connectivity index (χ4n) is 2.19. The Balaban J connectivity index is 2.08. The molecule has 112 valence electrons. The van der Waals surface area contributed by atoms with E-state index in [-0.39, 0.29) is 18.0 Å². The first-order valence-corrected chi connectivity index (χ1v) is 7.16. The standard InChI is InChI=1S/C14H24N4O2/c1-11(2)13(19)10-18-14(20)8-12(9-15-18)17-6-4-16(3)5-7-17/h8-9,11,13,19H,4-7,10H2,1-3H3. The van der Waals surface area contributed by atoms with Crippen LogP contribution in [0.1, 0.15) is 13.8 Å². The third kappa shape index (κ3) is 3.58. The number of hydrogen-bond acceptors (Lipinski definition) is 5. The zero-order valence-corrected chi connectivity index (χ0v) is 12.5. The van der Waals surface area contributed by atoms with Crippen LogP contribution >= 0.6 is 0 Å². The molecule has 20 heavy (non-hydrogen) atoms. The van der Waals surface area contributed by atoms with Crippen molar-refractivity contribution >= 4 is 5.69 Å². The molecule has 1 atom stereocenters. The first kappa shape index (κ1) is 15.0. The van der Waals surface area contributed by atoms with Crippen LogP contribution in [-0.4, -0.2) is 59.1 Å². The van der Waals surface area contributed by atoms with Gasteiger partial charge in [0.25, 0.3) is 5.56 Å². The number of likely N-dealkylation sites (N-methyl/N-ethyl adjacent to an activating group) is 1. The van der Waals surface area contributed by atoms with Crippen LogP contribution < -0.4 is 10.5 Å². The molecule has 0 amide bonds. The highest BCUT2D eigenvalue weighted by Gasteiger charge is 2.16. The first-order chi connectivity index (χ1) is 9.47. The molecule has 0 aromatic carbocycles. The Bertz CT molecular complexity index is 492. The van der Waals surface area contributed by atoms with Crippen LogP contribution in [-0.2, 0) is 6.54 Å². The van der Waals surface area contributed by atoms with E-state index in [1.54, 1.807) is 12.3 Å². The fourth-order valence-corrected chi connectivity index (χ4v) is 2.19. The predicted molar refractivity (Wildman–Crippen MR) is 79.1 cm³/mol. The minimum atomic E-state index is -0.547. The van der Waals surface area contributed by atoms with Gasteiger partial charge in [0.15, 0.2) is 0 Å². The molecule has 1 saturated heterocycles. The maximum Gasteiger partial charge on any atom is 0.268 e. The number of piperazine rings is 1. The summed E-state index contributed by atoms with van der Waals surface area (Å²) in [7, 11) is 2.10. The lowest BCUT2D eigenvalue weighted by Crippen LogP contribution is -2.45. The molecule has 0 saturated carbocycles. The molecule has 1 aliphatic rings. The number of nitrogens with zero attached hydrogens (tertiary/aromatic N) is 4. The Morgan fingerprint density at radius 3 is 2.50 bits per heavy atom.